The van der Waals surface area contributed by atoms with Crippen molar-refractivity contribution >= 4 is 23.5 Å². The molecule has 1 atom stereocenters. The minimum atomic E-state index is -0.441. The fourth-order valence-electron chi connectivity index (χ4n) is 2.97. The second-order valence-corrected chi connectivity index (χ2v) is 6.90. The van der Waals surface area contributed by atoms with Gasteiger partial charge in [-0.25, -0.2) is 0 Å². The fraction of sp³-hybridized carbons (Fsp3) is 0.227. The number of nitrogens with one attached hydrogen (secondary N) is 1. The average molecular weight is 413 g/mol. The number of rotatable bonds is 8. The van der Waals surface area contributed by atoms with Crippen molar-refractivity contribution in [3.05, 3.63) is 77.1 Å². The van der Waals surface area contributed by atoms with Crippen LogP contribution in [0.4, 0.5) is 0 Å². The van der Waals surface area contributed by atoms with Gasteiger partial charge in [0.05, 0.1) is 19.2 Å². The summed E-state index contributed by atoms with van der Waals surface area (Å²) in [5.41, 5.74) is 3.03. The summed E-state index contributed by atoms with van der Waals surface area (Å²) < 4.78 is 9.92. The molecule has 7 heteroatoms. The first-order valence-corrected chi connectivity index (χ1v) is 9.65. The molecule has 1 amide bonds. The summed E-state index contributed by atoms with van der Waals surface area (Å²) in [7, 11) is 0. The van der Waals surface area contributed by atoms with Crippen LogP contribution in [0.15, 0.2) is 65.3 Å². The van der Waals surface area contributed by atoms with Crippen molar-refractivity contribution in [2.45, 2.75) is 25.8 Å². The van der Waals surface area contributed by atoms with E-state index in [0.29, 0.717) is 11.4 Å². The molecule has 0 saturated carbocycles. The predicted octanol–water partition coefficient (Wildman–Crippen LogP) is 4.29. The smallest absolute Gasteiger partial charge is 0.307 e. The molecule has 0 aliphatic rings. The summed E-state index contributed by atoms with van der Waals surface area (Å²) in [6, 6.07) is 16.6. The van der Waals surface area contributed by atoms with Crippen LogP contribution in [0.3, 0.4) is 0 Å². The van der Waals surface area contributed by atoms with Crippen molar-refractivity contribution in [2.24, 2.45) is 0 Å². The van der Waals surface area contributed by atoms with Crippen LogP contribution in [0.25, 0.3) is 11.1 Å². The monoisotopic (exact) mass is 412 g/mol. The molecule has 6 nitrogen and oxygen atoms in total. The Kier molecular flexibility index (Phi) is 7.03. The molecule has 0 fully saturated rings. The lowest BCUT2D eigenvalue weighted by Gasteiger charge is -2.17. The number of amides is 1. The van der Waals surface area contributed by atoms with Crippen LogP contribution in [0, 0.1) is 0 Å². The van der Waals surface area contributed by atoms with Crippen molar-refractivity contribution in [3.8, 4) is 11.1 Å². The van der Waals surface area contributed by atoms with Crippen LogP contribution < -0.4 is 5.32 Å². The molecule has 3 aromatic rings. The van der Waals surface area contributed by atoms with Crippen LogP contribution in [-0.4, -0.2) is 29.7 Å². The standard InChI is InChI=1S/C22H21ClN2O4/c1-2-28-21(26)14-19(25-22(27)20-10-11-24-29-20)12-15-6-8-16(9-7-15)17-4-3-5-18(23)13-17/h3-11,13,19H,2,12,14H2,1H3,(H,25,27)/t19-/m1/s1. The number of esters is 1. The van der Waals surface area contributed by atoms with Crippen LogP contribution in [0.2, 0.25) is 5.02 Å². The number of hydrogen-bond donors (Lipinski definition) is 1. The number of ether oxygens (including phenoxy) is 1. The van der Waals surface area contributed by atoms with Gasteiger partial charge < -0.3 is 14.6 Å². The highest BCUT2D eigenvalue weighted by molar-refractivity contribution is 6.30. The van der Waals surface area contributed by atoms with Gasteiger partial charge in [-0.1, -0.05) is 53.2 Å². The minimum Gasteiger partial charge on any atom is -0.466 e. The predicted molar refractivity (Wildman–Crippen MR) is 110 cm³/mol. The molecule has 2 aromatic carbocycles. The van der Waals surface area contributed by atoms with Gasteiger partial charge in [-0.15, -0.1) is 0 Å². The van der Waals surface area contributed by atoms with E-state index in [-0.39, 0.29) is 24.8 Å². The molecular weight excluding hydrogens is 392 g/mol. The van der Waals surface area contributed by atoms with E-state index in [2.05, 4.69) is 10.5 Å². The molecule has 0 aliphatic heterocycles. The SMILES string of the molecule is CCOC(=O)C[C@@H](Cc1ccc(-c2cccc(Cl)c2)cc1)NC(=O)c1ccno1. The molecule has 1 aromatic heterocycles. The molecule has 0 unspecified atom stereocenters. The molecule has 0 bridgehead atoms. The van der Waals surface area contributed by atoms with Crippen molar-refractivity contribution in [1.82, 2.24) is 10.5 Å². The molecular formula is C22H21ClN2O4. The zero-order chi connectivity index (χ0) is 20.6. The summed E-state index contributed by atoms with van der Waals surface area (Å²) >= 11 is 6.06. The molecule has 29 heavy (non-hydrogen) atoms. The van der Waals surface area contributed by atoms with Gasteiger partial charge in [0.1, 0.15) is 0 Å². The van der Waals surface area contributed by atoms with E-state index < -0.39 is 11.9 Å². The van der Waals surface area contributed by atoms with Gasteiger partial charge in [0.15, 0.2) is 0 Å². The highest BCUT2D eigenvalue weighted by Gasteiger charge is 2.20. The molecule has 1 N–H and O–H groups in total. The second kappa shape index (κ2) is 9.89. The minimum absolute atomic E-state index is 0.0593. The zero-order valence-corrected chi connectivity index (χ0v) is 16.7. The summed E-state index contributed by atoms with van der Waals surface area (Å²) in [6.07, 6.45) is 1.92. The van der Waals surface area contributed by atoms with Crippen LogP contribution in [0.5, 0.6) is 0 Å². The second-order valence-electron chi connectivity index (χ2n) is 6.47. The Morgan fingerprint density at radius 1 is 1.14 bits per heavy atom. The van der Waals surface area contributed by atoms with Gasteiger partial charge in [-0.2, -0.15) is 0 Å². The third-order valence-corrected chi connectivity index (χ3v) is 4.54. The Hall–Kier alpha value is -3.12. The molecule has 0 radical (unpaired) electrons. The van der Waals surface area contributed by atoms with Gasteiger partial charge in [0, 0.05) is 17.1 Å². The summed E-state index contributed by atoms with van der Waals surface area (Å²) in [4.78, 5) is 24.3. The third kappa shape index (κ3) is 5.93. The van der Waals surface area contributed by atoms with Gasteiger partial charge in [0.25, 0.3) is 5.91 Å². The van der Waals surface area contributed by atoms with E-state index in [1.165, 1.54) is 12.3 Å². The highest BCUT2D eigenvalue weighted by atomic mass is 35.5. The Balaban J connectivity index is 1.72. The van der Waals surface area contributed by atoms with E-state index in [1.807, 2.05) is 48.5 Å². The quantitative estimate of drug-likeness (QED) is 0.558. The molecule has 150 valence electrons. The topological polar surface area (TPSA) is 81.4 Å². The zero-order valence-electron chi connectivity index (χ0n) is 15.9. The first-order valence-electron chi connectivity index (χ1n) is 9.27. The Labute approximate surface area is 173 Å². The number of hydrogen-bond acceptors (Lipinski definition) is 5. The van der Waals surface area contributed by atoms with Crippen molar-refractivity contribution in [1.29, 1.82) is 0 Å². The van der Waals surface area contributed by atoms with Gasteiger partial charge in [0.2, 0.25) is 5.76 Å². The van der Waals surface area contributed by atoms with Crippen molar-refractivity contribution in [3.63, 3.8) is 0 Å². The maximum atomic E-state index is 12.3. The third-order valence-electron chi connectivity index (χ3n) is 4.31. The lowest BCUT2D eigenvalue weighted by Crippen LogP contribution is -2.38. The summed E-state index contributed by atoms with van der Waals surface area (Å²) in [5, 5.41) is 7.03. The average Bonchev–Trinajstić information content (AvgIpc) is 3.24. The van der Waals surface area contributed by atoms with Gasteiger partial charge in [-0.3, -0.25) is 9.59 Å². The van der Waals surface area contributed by atoms with E-state index in [1.54, 1.807) is 6.92 Å². The maximum absolute atomic E-state index is 12.3. The number of carbonyl (C=O) groups is 2. The molecule has 0 spiro atoms. The van der Waals surface area contributed by atoms with Crippen molar-refractivity contribution in [2.75, 3.05) is 6.61 Å². The van der Waals surface area contributed by atoms with E-state index >= 15 is 0 Å². The van der Waals surface area contributed by atoms with Crippen LogP contribution in [0.1, 0.15) is 29.5 Å². The number of benzene rings is 2. The molecule has 0 saturated heterocycles. The van der Waals surface area contributed by atoms with Crippen LogP contribution in [-0.2, 0) is 16.0 Å². The summed E-state index contributed by atoms with van der Waals surface area (Å²) in [6.45, 7) is 2.03. The largest absolute Gasteiger partial charge is 0.466 e. The molecule has 1 heterocycles. The molecule has 3 rings (SSSR count). The van der Waals surface area contributed by atoms with E-state index in [0.717, 1.165) is 16.7 Å². The molecule has 0 aliphatic carbocycles. The number of carbonyl (C=O) groups excluding carboxylic acids is 2. The Morgan fingerprint density at radius 3 is 2.59 bits per heavy atom. The first kappa shape index (κ1) is 20.6. The normalized spacial score (nSPS) is 11.7. The Morgan fingerprint density at radius 2 is 1.93 bits per heavy atom. The first-order chi connectivity index (χ1) is 14.0. The number of nitrogens with zero attached hydrogens (tertiary/aromatic N) is 1. The fourth-order valence-corrected chi connectivity index (χ4v) is 3.16. The van der Waals surface area contributed by atoms with E-state index in [9.17, 15) is 9.59 Å². The highest BCUT2D eigenvalue weighted by Crippen LogP contribution is 2.23. The van der Waals surface area contributed by atoms with Gasteiger partial charge >= 0.3 is 5.97 Å². The number of halogens is 1. The lowest BCUT2D eigenvalue weighted by molar-refractivity contribution is -0.143. The number of aromatic nitrogens is 1. The summed E-state index contributed by atoms with van der Waals surface area (Å²) in [5.74, 6) is -0.701. The van der Waals surface area contributed by atoms with Crippen LogP contribution >= 0.6 is 11.6 Å². The van der Waals surface area contributed by atoms with Gasteiger partial charge in [-0.05, 0) is 42.2 Å². The lowest BCUT2D eigenvalue weighted by atomic mass is 9.99. The maximum Gasteiger partial charge on any atom is 0.307 e. The Bertz CT molecular complexity index is 955. The van der Waals surface area contributed by atoms with Crippen molar-refractivity contribution < 1.29 is 18.8 Å². The van der Waals surface area contributed by atoms with E-state index in [4.69, 9.17) is 20.9 Å².